The van der Waals surface area contributed by atoms with Gasteiger partial charge in [0.05, 0.1) is 12.4 Å². The van der Waals surface area contributed by atoms with E-state index in [0.29, 0.717) is 12.6 Å². The molecular weight excluding hydrogens is 216 g/mol. The maximum absolute atomic E-state index is 5.46. The number of rotatable bonds is 5. The average Bonchev–Trinajstić information content (AvgIpc) is 2.94. The number of aromatic nitrogens is 5. The summed E-state index contributed by atoms with van der Waals surface area (Å²) >= 11 is 0. The van der Waals surface area contributed by atoms with Crippen LogP contribution < -0.4 is 5.73 Å². The molecule has 0 fully saturated rings. The lowest BCUT2D eigenvalue weighted by Gasteiger charge is -2.02. The van der Waals surface area contributed by atoms with E-state index in [1.807, 2.05) is 28.0 Å². The molecule has 0 saturated carbocycles. The zero-order chi connectivity index (χ0) is 12.3. The molecule has 0 aliphatic carbocycles. The van der Waals surface area contributed by atoms with Crippen molar-refractivity contribution in [3.63, 3.8) is 0 Å². The maximum atomic E-state index is 5.46. The Morgan fingerprint density at radius 1 is 1.35 bits per heavy atom. The highest BCUT2D eigenvalue weighted by Gasteiger charge is 2.07. The Bertz CT molecular complexity index is 470. The van der Waals surface area contributed by atoms with Gasteiger partial charge in [0.2, 0.25) is 0 Å². The van der Waals surface area contributed by atoms with Crippen molar-refractivity contribution in [3.8, 4) is 11.3 Å². The fourth-order valence-electron chi connectivity index (χ4n) is 1.55. The minimum absolute atomic E-state index is 0.357. The van der Waals surface area contributed by atoms with Crippen LogP contribution in [0.2, 0.25) is 0 Å². The molecule has 0 unspecified atom stereocenters. The van der Waals surface area contributed by atoms with Crippen molar-refractivity contribution in [1.82, 2.24) is 24.8 Å². The van der Waals surface area contributed by atoms with Gasteiger partial charge in [-0.05, 0) is 26.8 Å². The van der Waals surface area contributed by atoms with Gasteiger partial charge in [0, 0.05) is 24.3 Å². The van der Waals surface area contributed by atoms with Crippen molar-refractivity contribution >= 4 is 0 Å². The van der Waals surface area contributed by atoms with Gasteiger partial charge in [-0.1, -0.05) is 5.21 Å². The molecule has 0 amide bonds. The Morgan fingerprint density at radius 2 is 2.18 bits per heavy atom. The van der Waals surface area contributed by atoms with Gasteiger partial charge in [-0.3, -0.25) is 9.36 Å². The highest BCUT2D eigenvalue weighted by Crippen LogP contribution is 2.16. The first-order valence-corrected chi connectivity index (χ1v) is 5.85. The summed E-state index contributed by atoms with van der Waals surface area (Å²) in [6.07, 6.45) is 6.64. The Kier molecular flexibility index (Phi) is 3.53. The van der Waals surface area contributed by atoms with E-state index in [4.69, 9.17) is 5.73 Å². The molecular formula is C11H18N6. The zero-order valence-electron chi connectivity index (χ0n) is 10.2. The highest BCUT2D eigenvalue weighted by atomic mass is 15.4. The van der Waals surface area contributed by atoms with Crippen LogP contribution in [0.5, 0.6) is 0 Å². The first-order valence-electron chi connectivity index (χ1n) is 5.85. The third kappa shape index (κ3) is 2.71. The molecule has 17 heavy (non-hydrogen) atoms. The normalized spacial score (nSPS) is 11.3. The van der Waals surface area contributed by atoms with Crippen molar-refractivity contribution in [3.05, 3.63) is 18.6 Å². The van der Waals surface area contributed by atoms with Crippen molar-refractivity contribution in [1.29, 1.82) is 0 Å². The van der Waals surface area contributed by atoms with Gasteiger partial charge >= 0.3 is 0 Å². The van der Waals surface area contributed by atoms with E-state index in [1.165, 1.54) is 0 Å². The predicted octanol–water partition coefficient (Wildman–Crippen LogP) is 1.07. The molecule has 2 N–H and O–H groups in total. The lowest BCUT2D eigenvalue weighted by Crippen LogP contribution is -2.06. The molecule has 92 valence electrons. The van der Waals surface area contributed by atoms with Crippen LogP contribution in [-0.4, -0.2) is 31.3 Å². The standard InChI is InChI=1S/C11H18N6/c1-9(2)17-7-10(6-13-17)11-8-16(15-14-11)5-3-4-12/h6-9H,3-5,12H2,1-2H3. The van der Waals surface area contributed by atoms with Gasteiger partial charge in [-0.2, -0.15) is 5.10 Å². The van der Waals surface area contributed by atoms with E-state index in [1.54, 1.807) is 0 Å². The molecule has 0 radical (unpaired) electrons. The molecule has 0 spiro atoms. The van der Waals surface area contributed by atoms with E-state index in [-0.39, 0.29) is 0 Å². The Morgan fingerprint density at radius 3 is 2.82 bits per heavy atom. The summed E-state index contributed by atoms with van der Waals surface area (Å²) in [5.41, 5.74) is 7.31. The van der Waals surface area contributed by atoms with Crippen LogP contribution in [0.25, 0.3) is 11.3 Å². The quantitative estimate of drug-likeness (QED) is 0.839. The van der Waals surface area contributed by atoms with Crippen LogP contribution in [0.1, 0.15) is 26.3 Å². The van der Waals surface area contributed by atoms with Crippen LogP contribution in [0.15, 0.2) is 18.6 Å². The molecule has 0 aromatic carbocycles. The molecule has 2 aromatic heterocycles. The van der Waals surface area contributed by atoms with Gasteiger partial charge in [-0.25, -0.2) is 0 Å². The predicted molar refractivity (Wildman–Crippen MR) is 65.3 cm³/mol. The summed E-state index contributed by atoms with van der Waals surface area (Å²) in [5, 5.41) is 12.5. The van der Waals surface area contributed by atoms with Gasteiger partial charge in [0.1, 0.15) is 5.69 Å². The van der Waals surface area contributed by atoms with Gasteiger partial charge < -0.3 is 5.73 Å². The number of nitrogens with two attached hydrogens (primary N) is 1. The van der Waals surface area contributed by atoms with E-state index < -0.39 is 0 Å². The fourth-order valence-corrected chi connectivity index (χ4v) is 1.55. The molecule has 6 heteroatoms. The summed E-state index contributed by atoms with van der Waals surface area (Å²) in [6, 6.07) is 0.357. The van der Waals surface area contributed by atoms with Crippen molar-refractivity contribution in [2.24, 2.45) is 5.73 Å². The second kappa shape index (κ2) is 5.09. The summed E-state index contributed by atoms with van der Waals surface area (Å²) in [5.74, 6) is 0. The smallest absolute Gasteiger partial charge is 0.116 e. The molecule has 2 rings (SSSR count). The highest BCUT2D eigenvalue weighted by molar-refractivity contribution is 5.55. The van der Waals surface area contributed by atoms with Crippen LogP contribution in [0.4, 0.5) is 0 Å². The second-order valence-electron chi connectivity index (χ2n) is 4.31. The van der Waals surface area contributed by atoms with Crippen LogP contribution >= 0.6 is 0 Å². The fraction of sp³-hybridized carbons (Fsp3) is 0.545. The number of hydrogen-bond donors (Lipinski definition) is 1. The molecule has 0 aliphatic heterocycles. The summed E-state index contributed by atoms with van der Waals surface area (Å²) in [4.78, 5) is 0. The number of aryl methyl sites for hydroxylation is 1. The van der Waals surface area contributed by atoms with Crippen molar-refractivity contribution in [2.75, 3.05) is 6.54 Å². The summed E-state index contributed by atoms with van der Waals surface area (Å²) in [7, 11) is 0. The van der Waals surface area contributed by atoms with Crippen molar-refractivity contribution in [2.45, 2.75) is 32.9 Å². The van der Waals surface area contributed by atoms with Crippen LogP contribution in [0.3, 0.4) is 0 Å². The lowest BCUT2D eigenvalue weighted by molar-refractivity contribution is 0.532. The third-order valence-electron chi connectivity index (χ3n) is 2.56. The maximum Gasteiger partial charge on any atom is 0.116 e. The van der Waals surface area contributed by atoms with Gasteiger partial charge in [0.25, 0.3) is 0 Å². The largest absolute Gasteiger partial charge is 0.330 e. The Labute approximate surface area is 100 Å². The van der Waals surface area contributed by atoms with E-state index in [9.17, 15) is 0 Å². The van der Waals surface area contributed by atoms with Gasteiger partial charge in [0.15, 0.2) is 0 Å². The molecule has 2 heterocycles. The average molecular weight is 234 g/mol. The molecule has 0 atom stereocenters. The Balaban J connectivity index is 2.13. The van der Waals surface area contributed by atoms with Crippen LogP contribution in [-0.2, 0) is 6.54 Å². The number of hydrogen-bond acceptors (Lipinski definition) is 4. The third-order valence-corrected chi connectivity index (χ3v) is 2.56. The SMILES string of the molecule is CC(C)n1cc(-c2cn(CCCN)nn2)cn1. The second-order valence-corrected chi connectivity index (χ2v) is 4.31. The molecule has 2 aromatic rings. The molecule has 0 aliphatic rings. The Hall–Kier alpha value is -1.69. The van der Waals surface area contributed by atoms with Gasteiger partial charge in [-0.15, -0.1) is 5.10 Å². The van der Waals surface area contributed by atoms with Crippen LogP contribution in [0, 0.1) is 0 Å². The minimum Gasteiger partial charge on any atom is -0.330 e. The zero-order valence-corrected chi connectivity index (χ0v) is 10.2. The topological polar surface area (TPSA) is 74.5 Å². The monoisotopic (exact) mass is 234 g/mol. The minimum atomic E-state index is 0.357. The summed E-state index contributed by atoms with van der Waals surface area (Å²) in [6.45, 7) is 5.66. The van der Waals surface area contributed by atoms with E-state index in [2.05, 4.69) is 29.3 Å². The lowest BCUT2D eigenvalue weighted by atomic mass is 10.3. The number of nitrogens with zero attached hydrogens (tertiary/aromatic N) is 5. The summed E-state index contributed by atoms with van der Waals surface area (Å²) < 4.78 is 3.73. The van der Waals surface area contributed by atoms with Crippen molar-refractivity contribution < 1.29 is 0 Å². The first-order chi connectivity index (χ1) is 8.20. The van der Waals surface area contributed by atoms with E-state index >= 15 is 0 Å². The molecule has 0 bridgehead atoms. The van der Waals surface area contributed by atoms with E-state index in [0.717, 1.165) is 24.2 Å². The molecule has 0 saturated heterocycles. The molecule has 6 nitrogen and oxygen atoms in total. The first kappa shape index (κ1) is 11.8.